The van der Waals surface area contributed by atoms with Crippen LogP contribution < -0.4 is 0 Å². The molecule has 1 aromatic rings. The fourth-order valence-electron chi connectivity index (χ4n) is 3.78. The Hall–Kier alpha value is -2.41. The van der Waals surface area contributed by atoms with Gasteiger partial charge in [-0.2, -0.15) is 0 Å². The Morgan fingerprint density at radius 2 is 1.78 bits per heavy atom. The number of sulfonamides is 1. The highest BCUT2D eigenvalue weighted by Crippen LogP contribution is 2.49. The summed E-state index contributed by atoms with van der Waals surface area (Å²) in [4.78, 5) is 25.8. The number of allylic oxidation sites excluding steroid dienone is 2. The van der Waals surface area contributed by atoms with Crippen LogP contribution in [0.1, 0.15) is 32.3 Å². The molecule has 3 rings (SSSR count). The molecule has 2 aliphatic rings. The summed E-state index contributed by atoms with van der Waals surface area (Å²) in [5, 5.41) is 0. The first kappa shape index (κ1) is 19.4. The first-order chi connectivity index (χ1) is 12.6. The molecule has 7 heteroatoms. The second-order valence-corrected chi connectivity index (χ2v) is 9.11. The van der Waals surface area contributed by atoms with Gasteiger partial charge in [0.1, 0.15) is 5.41 Å². The van der Waals surface area contributed by atoms with E-state index in [9.17, 15) is 18.0 Å². The van der Waals surface area contributed by atoms with E-state index in [4.69, 9.17) is 4.74 Å². The fourth-order valence-corrected chi connectivity index (χ4v) is 5.07. The summed E-state index contributed by atoms with van der Waals surface area (Å²) in [5.74, 6) is -1.93. The molecule has 27 heavy (non-hydrogen) atoms. The van der Waals surface area contributed by atoms with E-state index >= 15 is 0 Å². The molecule has 0 bridgehead atoms. The second-order valence-electron chi connectivity index (χ2n) is 7.29. The molecule has 6 nitrogen and oxygen atoms in total. The third-order valence-corrected chi connectivity index (χ3v) is 7.27. The van der Waals surface area contributed by atoms with Crippen molar-refractivity contribution in [3.05, 3.63) is 53.3 Å². The van der Waals surface area contributed by atoms with Crippen molar-refractivity contribution in [2.24, 2.45) is 11.3 Å². The van der Waals surface area contributed by atoms with Crippen molar-refractivity contribution in [2.45, 2.75) is 38.5 Å². The van der Waals surface area contributed by atoms with E-state index in [-0.39, 0.29) is 4.90 Å². The molecule has 0 spiro atoms. The Morgan fingerprint density at radius 1 is 1.15 bits per heavy atom. The molecular weight excluding hydrogens is 366 g/mol. The third kappa shape index (κ3) is 3.00. The van der Waals surface area contributed by atoms with Crippen molar-refractivity contribution < 1.29 is 22.7 Å². The van der Waals surface area contributed by atoms with Gasteiger partial charge in [-0.15, -0.1) is 0 Å². The highest BCUT2D eigenvalue weighted by Gasteiger charge is 2.55. The van der Waals surface area contributed by atoms with Crippen molar-refractivity contribution >= 4 is 21.9 Å². The quantitative estimate of drug-likeness (QED) is 0.586. The number of hydrogen-bond acceptors (Lipinski definition) is 5. The lowest BCUT2D eigenvalue weighted by atomic mass is 9.63. The summed E-state index contributed by atoms with van der Waals surface area (Å²) >= 11 is 0. The monoisotopic (exact) mass is 389 g/mol. The fraction of sp³-hybridized carbons (Fsp3) is 0.400. The lowest BCUT2D eigenvalue weighted by Crippen LogP contribution is -2.52. The zero-order chi connectivity index (χ0) is 20.0. The van der Waals surface area contributed by atoms with Gasteiger partial charge in [0.25, 0.3) is 10.0 Å². The largest absolute Gasteiger partial charge is 0.468 e. The Bertz CT molecular complexity index is 959. The van der Waals surface area contributed by atoms with Gasteiger partial charge < -0.3 is 4.74 Å². The number of amides is 1. The third-order valence-electron chi connectivity index (χ3n) is 5.58. The molecule has 0 aromatic heterocycles. The molecule has 1 amide bonds. The molecule has 1 aliphatic carbocycles. The van der Waals surface area contributed by atoms with Crippen molar-refractivity contribution in [3.8, 4) is 0 Å². The number of fused-ring (bicyclic) bond motifs is 1. The molecule has 0 fully saturated rings. The Balaban J connectivity index is 2.09. The van der Waals surface area contributed by atoms with Crippen molar-refractivity contribution in [1.82, 2.24) is 4.31 Å². The first-order valence-electron chi connectivity index (χ1n) is 8.71. The topological polar surface area (TPSA) is 80.8 Å². The van der Waals surface area contributed by atoms with E-state index < -0.39 is 33.2 Å². The van der Waals surface area contributed by atoms with E-state index in [2.05, 4.69) is 0 Å². The highest BCUT2D eigenvalue weighted by molar-refractivity contribution is 7.89. The number of rotatable bonds is 3. The molecule has 0 N–H and O–H groups in total. The van der Waals surface area contributed by atoms with Crippen LogP contribution >= 0.6 is 0 Å². The SMILES string of the molecule is COC(=O)[C@@]12C=CN(S(=O)(=O)c3ccc(C)cc3)C(=O)[C@H]1CC(C)=C(C)C2. The Labute approximate surface area is 159 Å². The molecule has 1 heterocycles. The number of aryl methyl sites for hydroxylation is 1. The summed E-state index contributed by atoms with van der Waals surface area (Å²) in [6.07, 6.45) is 3.40. The lowest BCUT2D eigenvalue weighted by molar-refractivity contribution is -0.158. The minimum Gasteiger partial charge on any atom is -0.468 e. The minimum atomic E-state index is -4.04. The molecular formula is C20H23NO5S. The zero-order valence-corrected chi connectivity index (χ0v) is 16.7. The van der Waals surface area contributed by atoms with Crippen LogP contribution in [0.5, 0.6) is 0 Å². The highest BCUT2D eigenvalue weighted by atomic mass is 32.2. The van der Waals surface area contributed by atoms with E-state index in [0.29, 0.717) is 12.8 Å². The van der Waals surface area contributed by atoms with Crippen LogP contribution in [-0.4, -0.2) is 31.7 Å². The number of carbonyl (C=O) groups is 2. The van der Waals surface area contributed by atoms with Crippen LogP contribution in [0, 0.1) is 18.3 Å². The average Bonchev–Trinajstić information content (AvgIpc) is 2.63. The van der Waals surface area contributed by atoms with Crippen LogP contribution in [0.3, 0.4) is 0 Å². The predicted octanol–water partition coefficient (Wildman–Crippen LogP) is 2.95. The van der Waals surface area contributed by atoms with E-state index in [1.54, 1.807) is 12.1 Å². The van der Waals surface area contributed by atoms with E-state index in [1.165, 1.54) is 31.5 Å². The summed E-state index contributed by atoms with van der Waals surface area (Å²) in [6.45, 7) is 5.68. The number of ether oxygens (including phenoxy) is 1. The molecule has 1 aliphatic heterocycles. The van der Waals surface area contributed by atoms with Crippen molar-refractivity contribution in [3.63, 3.8) is 0 Å². The van der Waals surface area contributed by atoms with E-state index in [1.807, 2.05) is 20.8 Å². The summed E-state index contributed by atoms with van der Waals surface area (Å²) in [5.41, 5.74) is 1.77. The van der Waals surface area contributed by atoms with Crippen LogP contribution in [0.2, 0.25) is 0 Å². The van der Waals surface area contributed by atoms with Crippen LogP contribution in [0.15, 0.2) is 52.6 Å². The first-order valence-corrected chi connectivity index (χ1v) is 10.2. The smallest absolute Gasteiger partial charge is 0.316 e. The zero-order valence-electron chi connectivity index (χ0n) is 15.9. The minimum absolute atomic E-state index is 0.0379. The molecule has 0 radical (unpaired) electrons. The predicted molar refractivity (Wildman–Crippen MR) is 99.9 cm³/mol. The average molecular weight is 389 g/mol. The van der Waals surface area contributed by atoms with Crippen molar-refractivity contribution in [1.29, 1.82) is 0 Å². The van der Waals surface area contributed by atoms with Gasteiger partial charge in [0.05, 0.1) is 17.9 Å². The normalized spacial score (nSPS) is 25.4. The number of benzene rings is 1. The standard InChI is InChI=1S/C20H23NO5S/c1-13-5-7-16(8-6-13)27(24,25)21-10-9-20(19(23)26-4)12-15(3)14(2)11-17(20)18(21)22/h5-10,17H,11-12H2,1-4H3/t17-,20-/m1/s1. The van der Waals surface area contributed by atoms with Gasteiger partial charge in [-0.1, -0.05) is 28.8 Å². The van der Waals surface area contributed by atoms with Gasteiger partial charge in [-0.3, -0.25) is 9.59 Å². The maximum Gasteiger partial charge on any atom is 0.316 e. The van der Waals surface area contributed by atoms with Gasteiger partial charge in [0.15, 0.2) is 0 Å². The van der Waals surface area contributed by atoms with Crippen LogP contribution in [0.4, 0.5) is 0 Å². The molecule has 1 aromatic carbocycles. The van der Waals surface area contributed by atoms with Gasteiger partial charge in [-0.05, 0) is 51.8 Å². The lowest BCUT2D eigenvalue weighted by Gasteiger charge is -2.43. The number of esters is 1. The molecule has 0 saturated heterocycles. The van der Waals surface area contributed by atoms with Crippen LogP contribution in [0.25, 0.3) is 0 Å². The van der Waals surface area contributed by atoms with Crippen molar-refractivity contribution in [2.75, 3.05) is 7.11 Å². The molecule has 0 unspecified atom stereocenters. The number of methoxy groups -OCH3 is 1. The maximum atomic E-state index is 13.2. The maximum absolute atomic E-state index is 13.2. The van der Waals surface area contributed by atoms with Gasteiger partial charge in [0, 0.05) is 6.20 Å². The van der Waals surface area contributed by atoms with Gasteiger partial charge in [0.2, 0.25) is 5.91 Å². The summed E-state index contributed by atoms with van der Waals surface area (Å²) in [6, 6.07) is 6.31. The van der Waals surface area contributed by atoms with Gasteiger partial charge >= 0.3 is 5.97 Å². The number of hydrogen-bond donors (Lipinski definition) is 0. The summed E-state index contributed by atoms with van der Waals surface area (Å²) < 4.78 is 31.7. The Kier molecular flexibility index (Phi) is 4.76. The number of carbonyl (C=O) groups excluding carboxylic acids is 2. The molecule has 2 atom stereocenters. The number of nitrogens with zero attached hydrogens (tertiary/aromatic N) is 1. The molecule has 0 saturated carbocycles. The second kappa shape index (κ2) is 6.64. The Morgan fingerprint density at radius 3 is 2.37 bits per heavy atom. The van der Waals surface area contributed by atoms with E-state index in [0.717, 1.165) is 21.0 Å². The van der Waals surface area contributed by atoms with Crippen LogP contribution in [-0.2, 0) is 24.3 Å². The van der Waals surface area contributed by atoms with Gasteiger partial charge in [-0.25, -0.2) is 12.7 Å². The summed E-state index contributed by atoms with van der Waals surface area (Å²) in [7, 11) is -2.76. The molecule has 144 valence electrons.